The molecule has 2 aliphatic carbocycles. The first-order valence-electron chi connectivity index (χ1n) is 7.33. The Morgan fingerprint density at radius 2 is 2.11 bits per heavy atom. The van der Waals surface area contributed by atoms with E-state index < -0.39 is 0 Å². The summed E-state index contributed by atoms with van der Waals surface area (Å²) in [6.45, 7) is 2.11. The Kier molecular flexibility index (Phi) is 3.12. The van der Waals surface area contributed by atoms with Crippen molar-refractivity contribution in [2.24, 2.45) is 11.3 Å². The van der Waals surface area contributed by atoms with Crippen LogP contribution in [0.2, 0.25) is 0 Å². The number of hydrogen-bond acceptors (Lipinski definition) is 2. The Labute approximate surface area is 115 Å². The number of fused-ring (bicyclic) bond motifs is 3. The standard InChI is InChI=1S/C17H22O2/c1-17(16(18)19-2)11-5-8-14-13-7-4-3-6-12(13)9-10-15(14)17/h3-4,6-7,14-15H,5,8-11H2,1-2H3. The summed E-state index contributed by atoms with van der Waals surface area (Å²) in [6.07, 6.45) is 5.54. The largest absolute Gasteiger partial charge is 0.469 e. The molecular weight excluding hydrogens is 236 g/mol. The molecule has 1 fully saturated rings. The average molecular weight is 258 g/mol. The fourth-order valence-corrected chi connectivity index (χ4v) is 4.33. The average Bonchev–Trinajstić information content (AvgIpc) is 2.46. The Morgan fingerprint density at radius 3 is 2.89 bits per heavy atom. The predicted molar refractivity (Wildman–Crippen MR) is 75.0 cm³/mol. The van der Waals surface area contributed by atoms with Crippen molar-refractivity contribution in [1.82, 2.24) is 0 Å². The maximum absolute atomic E-state index is 12.2. The third-order valence-electron chi connectivity index (χ3n) is 5.35. The van der Waals surface area contributed by atoms with Gasteiger partial charge in [-0.2, -0.15) is 0 Å². The number of carbonyl (C=O) groups excluding carboxylic acids is 1. The summed E-state index contributed by atoms with van der Waals surface area (Å²) < 4.78 is 5.09. The summed E-state index contributed by atoms with van der Waals surface area (Å²) in [7, 11) is 1.52. The monoisotopic (exact) mass is 258 g/mol. The van der Waals surface area contributed by atoms with Gasteiger partial charge in [0.2, 0.25) is 0 Å². The number of rotatable bonds is 1. The third kappa shape index (κ3) is 1.89. The first-order valence-corrected chi connectivity index (χ1v) is 7.33. The molecule has 0 saturated heterocycles. The van der Waals surface area contributed by atoms with Crippen molar-refractivity contribution in [3.8, 4) is 0 Å². The molecule has 2 heteroatoms. The zero-order valence-corrected chi connectivity index (χ0v) is 11.8. The van der Waals surface area contributed by atoms with E-state index in [0.29, 0.717) is 11.8 Å². The van der Waals surface area contributed by atoms with Gasteiger partial charge in [0.1, 0.15) is 0 Å². The van der Waals surface area contributed by atoms with Crippen LogP contribution < -0.4 is 0 Å². The highest BCUT2D eigenvalue weighted by molar-refractivity contribution is 5.77. The van der Waals surface area contributed by atoms with Crippen LogP contribution in [0.15, 0.2) is 24.3 Å². The highest BCUT2D eigenvalue weighted by atomic mass is 16.5. The van der Waals surface area contributed by atoms with E-state index >= 15 is 0 Å². The van der Waals surface area contributed by atoms with Gasteiger partial charge in [-0.05, 0) is 55.6 Å². The van der Waals surface area contributed by atoms with Crippen LogP contribution in [0.5, 0.6) is 0 Å². The van der Waals surface area contributed by atoms with Crippen LogP contribution in [0.4, 0.5) is 0 Å². The molecule has 0 spiro atoms. The van der Waals surface area contributed by atoms with Crippen LogP contribution >= 0.6 is 0 Å². The Balaban J connectivity index is 1.99. The van der Waals surface area contributed by atoms with E-state index in [4.69, 9.17) is 4.74 Å². The van der Waals surface area contributed by atoms with E-state index in [9.17, 15) is 4.79 Å². The second-order valence-electron chi connectivity index (χ2n) is 6.25. The normalized spacial score (nSPS) is 33.2. The number of hydrogen-bond donors (Lipinski definition) is 0. The SMILES string of the molecule is COC(=O)C1(C)CCCC2c3ccccc3CCC21. The summed E-state index contributed by atoms with van der Waals surface area (Å²) in [5.74, 6) is 0.980. The summed E-state index contributed by atoms with van der Waals surface area (Å²) in [4.78, 5) is 12.2. The predicted octanol–water partition coefficient (Wildman–Crippen LogP) is 3.70. The van der Waals surface area contributed by atoms with Gasteiger partial charge in [0, 0.05) is 0 Å². The van der Waals surface area contributed by atoms with Crippen molar-refractivity contribution < 1.29 is 9.53 Å². The van der Waals surface area contributed by atoms with Gasteiger partial charge in [0.25, 0.3) is 0 Å². The van der Waals surface area contributed by atoms with Crippen LogP contribution in [-0.4, -0.2) is 13.1 Å². The van der Waals surface area contributed by atoms with Crippen LogP contribution in [0.25, 0.3) is 0 Å². The molecule has 2 nitrogen and oxygen atoms in total. The molecule has 19 heavy (non-hydrogen) atoms. The summed E-state index contributed by atoms with van der Waals surface area (Å²) >= 11 is 0. The maximum Gasteiger partial charge on any atom is 0.311 e. The minimum Gasteiger partial charge on any atom is -0.469 e. The van der Waals surface area contributed by atoms with E-state index in [1.807, 2.05) is 0 Å². The number of methoxy groups -OCH3 is 1. The van der Waals surface area contributed by atoms with Crippen molar-refractivity contribution in [1.29, 1.82) is 0 Å². The minimum absolute atomic E-state index is 0.0124. The van der Waals surface area contributed by atoms with Crippen molar-refractivity contribution in [3.63, 3.8) is 0 Å². The third-order valence-corrected chi connectivity index (χ3v) is 5.35. The lowest BCUT2D eigenvalue weighted by Crippen LogP contribution is -2.44. The van der Waals surface area contributed by atoms with Gasteiger partial charge in [-0.3, -0.25) is 4.79 Å². The van der Waals surface area contributed by atoms with Crippen LogP contribution in [-0.2, 0) is 16.0 Å². The molecule has 0 radical (unpaired) electrons. The van der Waals surface area contributed by atoms with Crippen molar-refractivity contribution in [2.75, 3.05) is 7.11 Å². The van der Waals surface area contributed by atoms with Gasteiger partial charge in [0.15, 0.2) is 0 Å². The molecule has 0 amide bonds. The number of esters is 1. The first-order chi connectivity index (χ1) is 9.16. The highest BCUT2D eigenvalue weighted by Crippen LogP contribution is 2.54. The second kappa shape index (κ2) is 4.66. The lowest BCUT2D eigenvalue weighted by molar-refractivity contribution is -0.158. The van der Waals surface area contributed by atoms with Crippen LogP contribution in [0.3, 0.4) is 0 Å². The molecule has 0 aliphatic heterocycles. The van der Waals surface area contributed by atoms with Crippen LogP contribution in [0.1, 0.15) is 49.7 Å². The van der Waals surface area contributed by atoms with E-state index in [-0.39, 0.29) is 11.4 Å². The molecule has 0 bridgehead atoms. The summed E-state index contributed by atoms with van der Waals surface area (Å²) in [6, 6.07) is 8.76. The first kappa shape index (κ1) is 12.7. The number of carbonyl (C=O) groups is 1. The Morgan fingerprint density at radius 1 is 1.32 bits per heavy atom. The van der Waals surface area contributed by atoms with Gasteiger partial charge in [-0.25, -0.2) is 0 Å². The van der Waals surface area contributed by atoms with E-state index in [1.54, 1.807) is 0 Å². The Hall–Kier alpha value is -1.31. The molecule has 3 unspecified atom stereocenters. The minimum atomic E-state index is -0.287. The van der Waals surface area contributed by atoms with Crippen molar-refractivity contribution >= 4 is 5.97 Å². The second-order valence-corrected chi connectivity index (χ2v) is 6.25. The topological polar surface area (TPSA) is 26.3 Å². The number of benzene rings is 1. The molecule has 2 aliphatic rings. The lowest BCUT2D eigenvalue weighted by atomic mass is 9.57. The molecule has 1 saturated carbocycles. The van der Waals surface area contributed by atoms with Gasteiger partial charge >= 0.3 is 5.97 Å². The van der Waals surface area contributed by atoms with Crippen molar-refractivity contribution in [2.45, 2.75) is 44.9 Å². The molecular formula is C17H22O2. The van der Waals surface area contributed by atoms with Gasteiger partial charge in [-0.1, -0.05) is 30.7 Å². The quantitative estimate of drug-likeness (QED) is 0.718. The van der Waals surface area contributed by atoms with E-state index in [0.717, 1.165) is 25.7 Å². The maximum atomic E-state index is 12.2. The van der Waals surface area contributed by atoms with Gasteiger partial charge < -0.3 is 4.74 Å². The zero-order valence-electron chi connectivity index (χ0n) is 11.8. The van der Waals surface area contributed by atoms with Gasteiger partial charge in [-0.15, -0.1) is 0 Å². The smallest absolute Gasteiger partial charge is 0.311 e. The molecule has 0 heterocycles. The fourth-order valence-electron chi connectivity index (χ4n) is 4.33. The van der Waals surface area contributed by atoms with E-state index in [2.05, 4.69) is 31.2 Å². The van der Waals surface area contributed by atoms with Gasteiger partial charge in [0.05, 0.1) is 12.5 Å². The van der Waals surface area contributed by atoms with E-state index in [1.165, 1.54) is 24.7 Å². The summed E-state index contributed by atoms with van der Waals surface area (Å²) in [5.41, 5.74) is 2.68. The molecule has 0 aromatic heterocycles. The van der Waals surface area contributed by atoms with Crippen molar-refractivity contribution in [3.05, 3.63) is 35.4 Å². The Bertz CT molecular complexity index is 494. The molecule has 1 aromatic carbocycles. The summed E-state index contributed by atoms with van der Waals surface area (Å²) in [5, 5.41) is 0. The fraction of sp³-hybridized carbons (Fsp3) is 0.588. The molecule has 0 N–H and O–H groups in total. The molecule has 102 valence electrons. The van der Waals surface area contributed by atoms with Crippen LogP contribution in [0, 0.1) is 11.3 Å². The molecule has 3 atom stereocenters. The lowest BCUT2D eigenvalue weighted by Gasteiger charge is -2.47. The molecule has 1 aromatic rings. The molecule has 3 rings (SSSR count). The number of aryl methyl sites for hydroxylation is 1. The number of ether oxygens (including phenoxy) is 1. The zero-order chi connectivity index (χ0) is 13.5. The highest BCUT2D eigenvalue weighted by Gasteiger charge is 2.49.